The Labute approximate surface area is 187 Å². The Morgan fingerprint density at radius 1 is 0.875 bits per heavy atom. The second-order valence-electron chi connectivity index (χ2n) is 7.91. The number of ketones is 1. The van der Waals surface area contributed by atoms with Crippen LogP contribution in [-0.2, 0) is 0 Å². The molecule has 5 nitrogen and oxygen atoms in total. The number of amides is 1. The molecule has 0 atom stereocenters. The van der Waals surface area contributed by atoms with Crippen LogP contribution in [0.1, 0.15) is 27.6 Å². The first-order valence-electron chi connectivity index (χ1n) is 10.7. The summed E-state index contributed by atoms with van der Waals surface area (Å²) in [6, 6.07) is 22.1. The number of Topliss-reactive ketones (excluding diaryl/α,β-unsaturated/α-hetero) is 1. The van der Waals surface area contributed by atoms with E-state index in [4.69, 9.17) is 0 Å². The van der Waals surface area contributed by atoms with Gasteiger partial charge in [0.1, 0.15) is 5.82 Å². The molecular weight excluding hydrogens is 405 g/mol. The van der Waals surface area contributed by atoms with Gasteiger partial charge in [0.2, 0.25) is 0 Å². The van der Waals surface area contributed by atoms with Gasteiger partial charge in [-0.2, -0.15) is 0 Å². The van der Waals surface area contributed by atoms with Crippen LogP contribution in [0.15, 0.2) is 72.8 Å². The maximum atomic E-state index is 14.5. The fourth-order valence-corrected chi connectivity index (χ4v) is 4.04. The maximum Gasteiger partial charge on any atom is 0.256 e. The van der Waals surface area contributed by atoms with E-state index in [2.05, 4.69) is 0 Å². The van der Waals surface area contributed by atoms with Gasteiger partial charge >= 0.3 is 0 Å². The predicted octanol–water partition coefficient (Wildman–Crippen LogP) is 4.76. The molecule has 6 heteroatoms. The van der Waals surface area contributed by atoms with Crippen LogP contribution in [0.25, 0.3) is 0 Å². The Balaban J connectivity index is 1.48. The molecule has 0 bridgehead atoms. The van der Waals surface area contributed by atoms with Crippen LogP contribution in [0.2, 0.25) is 0 Å². The van der Waals surface area contributed by atoms with Gasteiger partial charge in [0.25, 0.3) is 5.91 Å². The van der Waals surface area contributed by atoms with E-state index in [0.717, 1.165) is 11.4 Å². The molecule has 0 aromatic heterocycles. The highest BCUT2D eigenvalue weighted by Gasteiger charge is 2.26. The molecule has 1 amide bonds. The van der Waals surface area contributed by atoms with Gasteiger partial charge in [-0.25, -0.2) is 4.39 Å². The van der Waals surface area contributed by atoms with Gasteiger partial charge in [-0.05, 0) is 49.4 Å². The van der Waals surface area contributed by atoms with Crippen molar-refractivity contribution >= 4 is 28.8 Å². The minimum atomic E-state index is -0.410. The molecule has 164 valence electrons. The predicted molar refractivity (Wildman–Crippen MR) is 125 cm³/mol. The summed E-state index contributed by atoms with van der Waals surface area (Å²) in [6.07, 6.45) is 0. The molecule has 1 saturated heterocycles. The third-order valence-electron chi connectivity index (χ3n) is 5.90. The summed E-state index contributed by atoms with van der Waals surface area (Å²) in [5.41, 5.74) is 3.31. The minimum absolute atomic E-state index is 0.0320. The first kappa shape index (κ1) is 21.6. The number of hydrogen-bond donors (Lipinski definition) is 0. The number of hydrogen-bond acceptors (Lipinski definition) is 4. The SMILES string of the molecule is CC(=O)c1ccc(N2CCN(C(=O)c3ccccc3N(C)c3ccccc3)CC2)c(F)c1. The van der Waals surface area contributed by atoms with Crippen LogP contribution in [0, 0.1) is 5.82 Å². The summed E-state index contributed by atoms with van der Waals surface area (Å²) >= 11 is 0. The molecule has 0 spiro atoms. The molecule has 0 unspecified atom stereocenters. The standard InChI is InChI=1S/C26H26FN3O2/c1-19(31)20-12-13-25(23(27)18-20)29-14-16-30(17-15-29)26(32)22-10-6-7-11-24(22)28(2)21-8-4-3-5-9-21/h3-13,18H,14-17H2,1-2H3. The van der Waals surface area contributed by atoms with E-state index in [-0.39, 0.29) is 11.7 Å². The first-order valence-corrected chi connectivity index (χ1v) is 10.7. The molecule has 1 aliphatic rings. The number of nitrogens with zero attached hydrogens (tertiary/aromatic N) is 3. The van der Waals surface area contributed by atoms with E-state index < -0.39 is 5.82 Å². The number of rotatable bonds is 5. The third kappa shape index (κ3) is 4.35. The average Bonchev–Trinajstić information content (AvgIpc) is 2.83. The van der Waals surface area contributed by atoms with Crippen molar-refractivity contribution in [3.63, 3.8) is 0 Å². The third-order valence-corrected chi connectivity index (χ3v) is 5.90. The van der Waals surface area contributed by atoms with Gasteiger partial charge in [0, 0.05) is 44.5 Å². The Kier molecular flexibility index (Phi) is 6.21. The van der Waals surface area contributed by atoms with Crippen LogP contribution in [0.5, 0.6) is 0 Å². The van der Waals surface area contributed by atoms with E-state index in [1.54, 1.807) is 12.1 Å². The van der Waals surface area contributed by atoms with Crippen LogP contribution in [0.4, 0.5) is 21.5 Å². The zero-order valence-electron chi connectivity index (χ0n) is 18.3. The molecule has 1 heterocycles. The molecule has 0 radical (unpaired) electrons. The van der Waals surface area contributed by atoms with Gasteiger partial charge in [-0.3, -0.25) is 9.59 Å². The molecule has 32 heavy (non-hydrogen) atoms. The van der Waals surface area contributed by atoms with Gasteiger partial charge in [-0.15, -0.1) is 0 Å². The van der Waals surface area contributed by atoms with Crippen molar-refractivity contribution in [2.45, 2.75) is 6.92 Å². The van der Waals surface area contributed by atoms with Crippen molar-refractivity contribution < 1.29 is 14.0 Å². The van der Waals surface area contributed by atoms with Crippen molar-refractivity contribution in [3.05, 3.63) is 89.7 Å². The Hall–Kier alpha value is -3.67. The second kappa shape index (κ2) is 9.22. The number of benzene rings is 3. The van der Waals surface area contributed by atoms with E-state index in [0.29, 0.717) is 43.0 Å². The number of carbonyl (C=O) groups excluding carboxylic acids is 2. The van der Waals surface area contributed by atoms with Crippen LogP contribution in [0.3, 0.4) is 0 Å². The monoisotopic (exact) mass is 431 g/mol. The van der Waals surface area contributed by atoms with Gasteiger partial charge < -0.3 is 14.7 Å². The molecule has 0 saturated carbocycles. The van der Waals surface area contributed by atoms with Crippen LogP contribution < -0.4 is 9.80 Å². The Bertz CT molecular complexity index is 1120. The topological polar surface area (TPSA) is 43.9 Å². The fourth-order valence-electron chi connectivity index (χ4n) is 4.04. The number of anilines is 3. The summed E-state index contributed by atoms with van der Waals surface area (Å²) in [4.78, 5) is 30.6. The van der Waals surface area contributed by atoms with E-state index in [1.807, 2.05) is 76.3 Å². The summed E-state index contributed by atoms with van der Waals surface area (Å²) in [7, 11) is 1.95. The van der Waals surface area contributed by atoms with Gasteiger partial charge in [0.15, 0.2) is 5.78 Å². The minimum Gasteiger partial charge on any atom is -0.366 e. The number of carbonyl (C=O) groups is 2. The smallest absolute Gasteiger partial charge is 0.256 e. The zero-order chi connectivity index (χ0) is 22.7. The first-order chi connectivity index (χ1) is 15.5. The number of piperazine rings is 1. The molecular formula is C26H26FN3O2. The number of halogens is 1. The molecule has 1 aliphatic heterocycles. The molecule has 4 rings (SSSR count). The highest BCUT2D eigenvalue weighted by Crippen LogP contribution is 2.29. The Morgan fingerprint density at radius 2 is 1.53 bits per heavy atom. The highest BCUT2D eigenvalue weighted by molar-refractivity contribution is 6.00. The summed E-state index contributed by atoms with van der Waals surface area (Å²) in [6.45, 7) is 3.47. The van der Waals surface area contributed by atoms with Crippen molar-refractivity contribution in [3.8, 4) is 0 Å². The quantitative estimate of drug-likeness (QED) is 0.547. The van der Waals surface area contributed by atoms with E-state index in [9.17, 15) is 14.0 Å². The van der Waals surface area contributed by atoms with Crippen LogP contribution in [-0.4, -0.2) is 49.8 Å². The van der Waals surface area contributed by atoms with Crippen molar-refractivity contribution in [2.75, 3.05) is 43.0 Å². The maximum absolute atomic E-state index is 14.5. The number of para-hydroxylation sites is 2. The molecule has 3 aromatic rings. The molecule has 1 fully saturated rings. The largest absolute Gasteiger partial charge is 0.366 e. The van der Waals surface area contributed by atoms with E-state index >= 15 is 0 Å². The lowest BCUT2D eigenvalue weighted by Gasteiger charge is -2.37. The lowest BCUT2D eigenvalue weighted by Crippen LogP contribution is -2.49. The lowest BCUT2D eigenvalue weighted by molar-refractivity contribution is 0.0747. The highest BCUT2D eigenvalue weighted by atomic mass is 19.1. The molecule has 0 N–H and O–H groups in total. The second-order valence-corrected chi connectivity index (χ2v) is 7.91. The van der Waals surface area contributed by atoms with Crippen molar-refractivity contribution in [2.24, 2.45) is 0 Å². The summed E-state index contributed by atoms with van der Waals surface area (Å²) in [5.74, 6) is -0.604. The molecule has 0 aliphatic carbocycles. The van der Waals surface area contributed by atoms with Gasteiger partial charge in [-0.1, -0.05) is 30.3 Å². The van der Waals surface area contributed by atoms with Crippen LogP contribution >= 0.6 is 0 Å². The van der Waals surface area contributed by atoms with Crippen molar-refractivity contribution in [1.29, 1.82) is 0 Å². The van der Waals surface area contributed by atoms with E-state index in [1.165, 1.54) is 13.0 Å². The zero-order valence-corrected chi connectivity index (χ0v) is 18.3. The molecule has 3 aromatic carbocycles. The fraction of sp³-hybridized carbons (Fsp3) is 0.231. The van der Waals surface area contributed by atoms with Crippen molar-refractivity contribution in [1.82, 2.24) is 4.90 Å². The van der Waals surface area contributed by atoms with Gasteiger partial charge in [0.05, 0.1) is 16.9 Å². The lowest BCUT2D eigenvalue weighted by atomic mass is 10.1. The summed E-state index contributed by atoms with van der Waals surface area (Å²) in [5, 5.41) is 0. The summed E-state index contributed by atoms with van der Waals surface area (Å²) < 4.78 is 14.5. The Morgan fingerprint density at radius 3 is 2.19 bits per heavy atom. The normalized spacial score (nSPS) is 13.7. The average molecular weight is 432 g/mol.